The molecular formula is C20H25OS2+. The molecule has 0 N–H and O–H groups in total. The largest absolute Gasteiger partial charge is 0.294 e. The Labute approximate surface area is 149 Å². The normalized spacial score (nSPS) is 10.7. The highest BCUT2D eigenvalue weighted by molar-refractivity contribution is 7.99. The summed E-state index contributed by atoms with van der Waals surface area (Å²) in [6, 6.07) is 16.2. The van der Waals surface area contributed by atoms with Crippen LogP contribution in [0.5, 0.6) is 0 Å². The van der Waals surface area contributed by atoms with Crippen LogP contribution < -0.4 is 0 Å². The van der Waals surface area contributed by atoms with Crippen LogP contribution in [0.4, 0.5) is 0 Å². The minimum absolute atomic E-state index is 0.265. The zero-order valence-electron chi connectivity index (χ0n) is 13.7. The van der Waals surface area contributed by atoms with Crippen LogP contribution in [0.25, 0.3) is 0 Å². The first-order valence-corrected chi connectivity index (χ1v) is 9.63. The van der Waals surface area contributed by atoms with Crippen LogP contribution in [-0.4, -0.2) is 5.78 Å². The number of ketones is 1. The fraction of sp³-hybridized carbons (Fsp3) is 0.350. The van der Waals surface area contributed by atoms with Gasteiger partial charge in [0.1, 0.15) is 4.90 Å². The molecule has 2 rings (SSSR count). The van der Waals surface area contributed by atoms with Crippen LogP contribution in [0.2, 0.25) is 0 Å². The van der Waals surface area contributed by atoms with Crippen molar-refractivity contribution in [2.45, 2.75) is 60.1 Å². The van der Waals surface area contributed by atoms with Crippen LogP contribution in [0, 0.1) is 0 Å². The van der Waals surface area contributed by atoms with Crippen molar-refractivity contribution in [3.63, 3.8) is 0 Å². The van der Waals surface area contributed by atoms with Gasteiger partial charge in [0.15, 0.2) is 5.78 Å². The van der Waals surface area contributed by atoms with Crippen LogP contribution in [0.3, 0.4) is 0 Å². The zero-order chi connectivity index (χ0) is 16.5. The van der Waals surface area contributed by atoms with Crippen molar-refractivity contribution >= 4 is 30.2 Å². The van der Waals surface area contributed by atoms with E-state index >= 15 is 0 Å². The Balaban J connectivity index is 1.83. The lowest BCUT2D eigenvalue weighted by Crippen LogP contribution is -1.98. The molecule has 0 radical (unpaired) electrons. The Kier molecular flexibility index (Phi) is 7.77. The van der Waals surface area contributed by atoms with Gasteiger partial charge in [-0.2, -0.15) is 0 Å². The lowest BCUT2D eigenvalue weighted by atomic mass is 10.0. The predicted molar refractivity (Wildman–Crippen MR) is 103 cm³/mol. The Morgan fingerprint density at radius 2 is 1.43 bits per heavy atom. The number of carbonyl (C=O) groups is 1. The molecule has 0 heterocycles. The zero-order valence-corrected chi connectivity index (χ0v) is 15.5. The van der Waals surface area contributed by atoms with Crippen LogP contribution >= 0.6 is 11.8 Å². The Morgan fingerprint density at radius 1 is 0.870 bits per heavy atom. The van der Waals surface area contributed by atoms with Crippen LogP contribution in [-0.2, 0) is 12.6 Å². The lowest BCUT2D eigenvalue weighted by molar-refractivity contribution is 0.0979. The van der Waals surface area contributed by atoms with Crippen molar-refractivity contribution in [1.82, 2.24) is 0 Å². The van der Waals surface area contributed by atoms with Crippen molar-refractivity contribution in [3.8, 4) is 0 Å². The summed E-state index contributed by atoms with van der Waals surface area (Å²) in [4.78, 5) is 15.6. The van der Waals surface area contributed by atoms with E-state index in [0.717, 1.165) is 28.2 Å². The third-order valence-electron chi connectivity index (χ3n) is 3.77. The SMILES string of the molecule is CCCCCCCC(=O)c1ccc(Sc2ccc([SH2+])cc2)cc1. The standard InChI is InChI=1S/C20H24OS2/c1-2-3-4-5-6-7-20(21)16-8-12-18(13-9-16)23-19-14-10-17(22)11-15-19/h8-15,22H,2-7H2,1H3/p+1. The lowest BCUT2D eigenvalue weighted by Gasteiger charge is -2.04. The van der Waals surface area contributed by atoms with Gasteiger partial charge in [-0.05, 0) is 55.4 Å². The van der Waals surface area contributed by atoms with Gasteiger partial charge in [-0.25, -0.2) is 0 Å². The molecule has 2 aromatic rings. The smallest absolute Gasteiger partial charge is 0.162 e. The van der Waals surface area contributed by atoms with Crippen molar-refractivity contribution in [1.29, 1.82) is 0 Å². The molecule has 23 heavy (non-hydrogen) atoms. The quantitative estimate of drug-likeness (QED) is 0.327. The molecule has 0 aromatic heterocycles. The van der Waals surface area contributed by atoms with E-state index in [-0.39, 0.29) is 5.78 Å². The van der Waals surface area contributed by atoms with Crippen LogP contribution in [0.1, 0.15) is 55.8 Å². The number of benzene rings is 2. The van der Waals surface area contributed by atoms with Gasteiger partial charge >= 0.3 is 0 Å². The first kappa shape index (κ1) is 18.2. The first-order valence-electron chi connectivity index (χ1n) is 8.32. The van der Waals surface area contributed by atoms with Crippen LogP contribution in [0.15, 0.2) is 63.2 Å². The fourth-order valence-corrected chi connectivity index (χ4v) is 3.38. The molecule has 0 fully saturated rings. The third-order valence-corrected chi connectivity index (χ3v) is 5.12. The molecule has 0 atom stereocenters. The molecule has 1 nitrogen and oxygen atoms in total. The molecule has 3 heteroatoms. The Morgan fingerprint density at radius 3 is 2.04 bits per heavy atom. The second kappa shape index (κ2) is 9.84. The molecule has 122 valence electrons. The molecule has 2 aromatic carbocycles. The summed E-state index contributed by atoms with van der Waals surface area (Å²) in [5.74, 6) is 0.265. The molecule has 0 unspecified atom stereocenters. The number of carbonyl (C=O) groups excluding carboxylic acids is 1. The number of unbranched alkanes of at least 4 members (excludes halogenated alkanes) is 4. The molecule has 0 spiro atoms. The molecule has 0 aliphatic rings. The van der Waals surface area contributed by atoms with Crippen molar-refractivity contribution < 1.29 is 4.79 Å². The topological polar surface area (TPSA) is 17.1 Å². The summed E-state index contributed by atoms with van der Waals surface area (Å²) in [7, 11) is 0. The summed E-state index contributed by atoms with van der Waals surface area (Å²) in [6.07, 6.45) is 6.60. The summed E-state index contributed by atoms with van der Waals surface area (Å²) in [5, 5.41) is 0. The molecular weight excluding hydrogens is 320 g/mol. The number of hydrogen-bond donors (Lipinski definition) is 0. The van der Waals surface area contributed by atoms with Crippen molar-refractivity contribution in [3.05, 3.63) is 54.1 Å². The number of hydrogen-bond acceptors (Lipinski definition) is 2. The van der Waals surface area contributed by atoms with Gasteiger partial charge in [-0.3, -0.25) is 4.79 Å². The fourth-order valence-electron chi connectivity index (χ4n) is 2.40. The van der Waals surface area contributed by atoms with Gasteiger partial charge in [-0.15, -0.1) is 0 Å². The second-order valence-corrected chi connectivity index (χ2v) is 7.46. The van der Waals surface area contributed by atoms with E-state index in [4.69, 9.17) is 0 Å². The third kappa shape index (κ3) is 6.44. The average molecular weight is 346 g/mol. The van der Waals surface area contributed by atoms with Gasteiger partial charge in [0.2, 0.25) is 0 Å². The van der Waals surface area contributed by atoms with E-state index in [1.54, 1.807) is 11.8 Å². The predicted octanol–water partition coefficient (Wildman–Crippen LogP) is 5.75. The molecule has 0 bridgehead atoms. The van der Waals surface area contributed by atoms with E-state index in [1.165, 1.54) is 24.2 Å². The number of Topliss-reactive ketones (excluding diaryl/α,β-unsaturated/α-hetero) is 1. The molecule has 0 saturated heterocycles. The van der Waals surface area contributed by atoms with Gasteiger partial charge in [0, 0.05) is 21.8 Å². The molecule has 0 saturated carbocycles. The summed E-state index contributed by atoms with van der Waals surface area (Å²) in [6.45, 7) is 2.21. The maximum absolute atomic E-state index is 12.2. The highest BCUT2D eigenvalue weighted by Gasteiger charge is 2.06. The molecule has 0 aliphatic carbocycles. The van der Waals surface area contributed by atoms with Gasteiger partial charge in [0.25, 0.3) is 0 Å². The highest BCUT2D eigenvalue weighted by atomic mass is 32.2. The minimum atomic E-state index is 0.265. The van der Waals surface area contributed by atoms with E-state index < -0.39 is 0 Å². The Bertz CT molecular complexity index is 603. The highest BCUT2D eigenvalue weighted by Crippen LogP contribution is 2.28. The monoisotopic (exact) mass is 345 g/mol. The summed E-state index contributed by atoms with van der Waals surface area (Å²) in [5.41, 5.74) is 0.834. The minimum Gasteiger partial charge on any atom is -0.294 e. The van der Waals surface area contributed by atoms with Gasteiger partial charge in [0.05, 0.1) is 0 Å². The van der Waals surface area contributed by atoms with E-state index in [2.05, 4.69) is 31.7 Å². The summed E-state index contributed by atoms with van der Waals surface area (Å²) < 4.78 is 0. The van der Waals surface area contributed by atoms with E-state index in [1.807, 2.05) is 36.4 Å². The number of rotatable bonds is 9. The molecule has 0 aliphatic heterocycles. The Hall–Kier alpha value is -1.19. The van der Waals surface area contributed by atoms with Gasteiger partial charge in [-0.1, -0.05) is 56.5 Å². The average Bonchev–Trinajstić information content (AvgIpc) is 2.57. The van der Waals surface area contributed by atoms with E-state index in [0.29, 0.717) is 6.42 Å². The second-order valence-electron chi connectivity index (χ2n) is 5.74. The first-order chi connectivity index (χ1) is 11.2. The molecule has 0 amide bonds. The van der Waals surface area contributed by atoms with Crippen molar-refractivity contribution in [2.75, 3.05) is 0 Å². The maximum Gasteiger partial charge on any atom is 0.162 e. The van der Waals surface area contributed by atoms with E-state index in [9.17, 15) is 4.79 Å². The van der Waals surface area contributed by atoms with Gasteiger partial charge < -0.3 is 0 Å². The maximum atomic E-state index is 12.2. The summed E-state index contributed by atoms with van der Waals surface area (Å²) >= 11 is 5.20. The van der Waals surface area contributed by atoms with Crippen molar-refractivity contribution in [2.24, 2.45) is 0 Å².